The number of carbonyl (C=O) groups excluding carboxylic acids is 1. The molecule has 8 nitrogen and oxygen atoms in total. The van der Waals surface area contributed by atoms with Crippen molar-refractivity contribution in [2.75, 3.05) is 7.11 Å². The number of nitro groups is 1. The lowest BCUT2D eigenvalue weighted by Crippen LogP contribution is -2.38. The molecule has 1 aliphatic carbocycles. The summed E-state index contributed by atoms with van der Waals surface area (Å²) in [6, 6.07) is 3.54. The summed E-state index contributed by atoms with van der Waals surface area (Å²) in [7, 11) is -2.51. The van der Waals surface area contributed by atoms with Gasteiger partial charge in [-0.2, -0.15) is 0 Å². The molecule has 0 amide bonds. The highest BCUT2D eigenvalue weighted by Crippen LogP contribution is 2.27. The fourth-order valence-electron chi connectivity index (χ4n) is 2.85. The van der Waals surface area contributed by atoms with E-state index in [4.69, 9.17) is 4.74 Å². The number of carbonyl (C=O) groups is 1. The van der Waals surface area contributed by atoms with Crippen LogP contribution in [0.5, 0.6) is 0 Å². The highest BCUT2D eigenvalue weighted by atomic mass is 32.2. The van der Waals surface area contributed by atoms with Crippen LogP contribution >= 0.6 is 0 Å². The van der Waals surface area contributed by atoms with Crippen molar-refractivity contribution < 1.29 is 22.9 Å². The fraction of sp³-hybridized carbons (Fsp3) is 0.533. The fourth-order valence-corrected chi connectivity index (χ4v) is 4.18. The quantitative estimate of drug-likeness (QED) is 0.489. The number of esters is 1. The summed E-state index contributed by atoms with van der Waals surface area (Å²) in [6.45, 7) is 1.55. The van der Waals surface area contributed by atoms with Crippen LogP contribution in [0.3, 0.4) is 0 Å². The zero-order valence-electron chi connectivity index (χ0n) is 13.5. The van der Waals surface area contributed by atoms with Gasteiger partial charge < -0.3 is 4.74 Å². The van der Waals surface area contributed by atoms with Crippen LogP contribution in [0, 0.1) is 23.0 Å². The Hall–Kier alpha value is -2.00. The van der Waals surface area contributed by atoms with Gasteiger partial charge in [0.15, 0.2) is 0 Å². The Morgan fingerprint density at radius 1 is 1.29 bits per heavy atom. The van der Waals surface area contributed by atoms with E-state index in [-0.39, 0.29) is 28.5 Å². The molecule has 1 aromatic carbocycles. The SMILES string of the molecule is COC(=O)[C@H]1CC[C@H](NS(=O)(=O)c2ccc(C)c([N+](=O)[O-])c2)CC1. The third-order valence-electron chi connectivity index (χ3n) is 4.27. The van der Waals surface area contributed by atoms with Crippen LogP contribution in [0.4, 0.5) is 5.69 Å². The number of aryl methyl sites for hydroxylation is 1. The van der Waals surface area contributed by atoms with Gasteiger partial charge in [-0.25, -0.2) is 13.1 Å². The largest absolute Gasteiger partial charge is 0.469 e. The van der Waals surface area contributed by atoms with Gasteiger partial charge in [0.05, 0.1) is 22.8 Å². The first-order chi connectivity index (χ1) is 11.2. The molecule has 1 saturated carbocycles. The number of sulfonamides is 1. The monoisotopic (exact) mass is 356 g/mol. The lowest BCUT2D eigenvalue weighted by atomic mass is 9.86. The minimum Gasteiger partial charge on any atom is -0.469 e. The Morgan fingerprint density at radius 2 is 1.92 bits per heavy atom. The van der Waals surface area contributed by atoms with Gasteiger partial charge in [-0.3, -0.25) is 14.9 Å². The van der Waals surface area contributed by atoms with E-state index in [1.54, 1.807) is 6.92 Å². The maximum absolute atomic E-state index is 12.4. The number of rotatable bonds is 5. The van der Waals surface area contributed by atoms with E-state index in [1.807, 2.05) is 0 Å². The van der Waals surface area contributed by atoms with E-state index < -0.39 is 14.9 Å². The molecule has 0 aliphatic heterocycles. The number of nitro benzene ring substituents is 1. The van der Waals surface area contributed by atoms with Gasteiger partial charge in [-0.15, -0.1) is 0 Å². The predicted octanol–water partition coefficient (Wildman–Crippen LogP) is 1.91. The zero-order valence-corrected chi connectivity index (χ0v) is 14.3. The number of nitrogens with zero attached hydrogens (tertiary/aromatic N) is 1. The van der Waals surface area contributed by atoms with Gasteiger partial charge in [0.1, 0.15) is 0 Å². The molecule has 1 aromatic rings. The first-order valence-corrected chi connectivity index (χ1v) is 9.08. The van der Waals surface area contributed by atoms with Gasteiger partial charge >= 0.3 is 5.97 Å². The zero-order chi connectivity index (χ0) is 17.9. The van der Waals surface area contributed by atoms with Gasteiger partial charge in [0, 0.05) is 17.7 Å². The molecule has 2 rings (SSSR count). The number of methoxy groups -OCH3 is 1. The molecule has 0 atom stereocenters. The van der Waals surface area contributed by atoms with Crippen LogP contribution in [0.25, 0.3) is 0 Å². The van der Waals surface area contributed by atoms with Crippen LogP contribution in [0.1, 0.15) is 31.2 Å². The van der Waals surface area contributed by atoms with Crippen LogP contribution in [-0.2, 0) is 19.6 Å². The molecule has 0 aromatic heterocycles. The van der Waals surface area contributed by atoms with Gasteiger partial charge in [0.2, 0.25) is 10.0 Å². The van der Waals surface area contributed by atoms with Crippen molar-refractivity contribution in [3.8, 4) is 0 Å². The number of nitrogens with one attached hydrogen (secondary N) is 1. The van der Waals surface area contributed by atoms with E-state index in [0.717, 1.165) is 6.07 Å². The second kappa shape index (κ2) is 7.27. The van der Waals surface area contributed by atoms with Crippen molar-refractivity contribution in [2.24, 2.45) is 5.92 Å². The third kappa shape index (κ3) is 4.09. The Kier molecular flexibility index (Phi) is 5.55. The maximum Gasteiger partial charge on any atom is 0.308 e. The second-order valence-corrected chi connectivity index (χ2v) is 7.61. The average Bonchev–Trinajstić information content (AvgIpc) is 2.54. The smallest absolute Gasteiger partial charge is 0.308 e. The van der Waals surface area contributed by atoms with Crippen molar-refractivity contribution in [1.29, 1.82) is 0 Å². The Balaban J connectivity index is 2.09. The predicted molar refractivity (Wildman–Crippen MR) is 85.9 cm³/mol. The number of hydrogen-bond acceptors (Lipinski definition) is 6. The molecular formula is C15H20N2O6S. The number of ether oxygens (including phenoxy) is 1. The van der Waals surface area contributed by atoms with Gasteiger partial charge in [-0.1, -0.05) is 6.07 Å². The van der Waals surface area contributed by atoms with Crippen molar-refractivity contribution in [2.45, 2.75) is 43.5 Å². The lowest BCUT2D eigenvalue weighted by Gasteiger charge is -2.27. The first kappa shape index (κ1) is 18.3. The van der Waals surface area contributed by atoms with Crippen LogP contribution in [-0.4, -0.2) is 32.5 Å². The molecule has 132 valence electrons. The summed E-state index contributed by atoms with van der Waals surface area (Å²) in [6.07, 6.45) is 2.14. The van der Waals surface area contributed by atoms with Crippen molar-refractivity contribution in [1.82, 2.24) is 4.72 Å². The van der Waals surface area contributed by atoms with E-state index in [0.29, 0.717) is 31.2 Å². The molecule has 1 fully saturated rings. The molecule has 0 radical (unpaired) electrons. The molecule has 0 bridgehead atoms. The topological polar surface area (TPSA) is 116 Å². The van der Waals surface area contributed by atoms with E-state index >= 15 is 0 Å². The van der Waals surface area contributed by atoms with Crippen molar-refractivity contribution in [3.05, 3.63) is 33.9 Å². The molecule has 0 heterocycles. The first-order valence-electron chi connectivity index (χ1n) is 7.60. The third-order valence-corrected chi connectivity index (χ3v) is 5.79. The maximum atomic E-state index is 12.4. The number of benzene rings is 1. The second-order valence-electron chi connectivity index (χ2n) is 5.90. The Labute approximate surface area is 140 Å². The normalized spacial score (nSPS) is 21.2. The Morgan fingerprint density at radius 3 is 2.46 bits per heavy atom. The lowest BCUT2D eigenvalue weighted by molar-refractivity contribution is -0.385. The van der Waals surface area contributed by atoms with Crippen LogP contribution in [0.15, 0.2) is 23.1 Å². The molecule has 24 heavy (non-hydrogen) atoms. The van der Waals surface area contributed by atoms with Crippen LogP contribution < -0.4 is 4.72 Å². The Bertz CT molecular complexity index is 738. The average molecular weight is 356 g/mol. The van der Waals surface area contributed by atoms with E-state index in [2.05, 4.69) is 4.72 Å². The summed E-state index contributed by atoms with van der Waals surface area (Å²) in [4.78, 5) is 21.7. The molecule has 1 N–H and O–H groups in total. The molecule has 0 spiro atoms. The standard InChI is InChI=1S/C15H20N2O6S/c1-10-3-8-13(9-14(10)17(19)20)24(21,22)16-12-6-4-11(5-7-12)15(18)23-2/h3,8-9,11-12,16H,4-7H2,1-2H3/t11-,12-. The summed E-state index contributed by atoms with van der Waals surface area (Å²) in [5.41, 5.74) is 0.171. The van der Waals surface area contributed by atoms with Crippen molar-refractivity contribution in [3.63, 3.8) is 0 Å². The summed E-state index contributed by atoms with van der Waals surface area (Å²) in [5, 5.41) is 11.0. The van der Waals surface area contributed by atoms with E-state index in [9.17, 15) is 23.3 Å². The molecule has 9 heteroatoms. The molecule has 1 aliphatic rings. The summed E-state index contributed by atoms with van der Waals surface area (Å²) < 4.78 is 32.1. The minimum atomic E-state index is -3.85. The minimum absolute atomic E-state index is 0.130. The van der Waals surface area contributed by atoms with Gasteiger partial charge in [0.25, 0.3) is 5.69 Å². The number of hydrogen-bond donors (Lipinski definition) is 1. The summed E-state index contributed by atoms with van der Waals surface area (Å²) in [5.74, 6) is -0.471. The molecular weight excluding hydrogens is 336 g/mol. The van der Waals surface area contributed by atoms with Crippen LogP contribution in [0.2, 0.25) is 0 Å². The van der Waals surface area contributed by atoms with E-state index in [1.165, 1.54) is 19.2 Å². The molecule has 0 saturated heterocycles. The molecule has 0 unspecified atom stereocenters. The highest BCUT2D eigenvalue weighted by Gasteiger charge is 2.30. The summed E-state index contributed by atoms with van der Waals surface area (Å²) >= 11 is 0. The van der Waals surface area contributed by atoms with Crippen molar-refractivity contribution >= 4 is 21.7 Å². The highest BCUT2D eigenvalue weighted by molar-refractivity contribution is 7.89. The van der Waals surface area contributed by atoms with Gasteiger partial charge in [-0.05, 0) is 38.7 Å².